The van der Waals surface area contributed by atoms with Crippen molar-refractivity contribution in [1.29, 1.82) is 0 Å². The van der Waals surface area contributed by atoms with Crippen LogP contribution in [0.25, 0.3) is 0 Å². The molecule has 0 spiro atoms. The minimum Gasteiger partial charge on any atom is -0.495 e. The third kappa shape index (κ3) is 2.94. The Morgan fingerprint density at radius 2 is 2.19 bits per heavy atom. The zero-order valence-corrected chi connectivity index (χ0v) is 11.9. The highest BCUT2D eigenvalue weighted by molar-refractivity contribution is 6.31. The largest absolute Gasteiger partial charge is 0.495 e. The predicted molar refractivity (Wildman–Crippen MR) is 72.6 cm³/mol. The molecule has 1 fully saturated rings. The number of anilines is 1. The first-order valence-corrected chi connectivity index (χ1v) is 6.60. The molecule has 1 atom stereocenters. The number of hydrogen-bond donors (Lipinski definition) is 2. The molecule has 0 aromatic heterocycles. The second kappa shape index (κ2) is 5.73. The molecule has 1 heterocycles. The monoisotopic (exact) mass is 322 g/mol. The molecule has 0 aliphatic carbocycles. The van der Waals surface area contributed by atoms with Crippen molar-refractivity contribution in [1.82, 2.24) is 5.32 Å². The second-order valence-electron chi connectivity index (χ2n) is 4.81. The van der Waals surface area contributed by atoms with E-state index in [0.29, 0.717) is 0 Å². The fourth-order valence-electron chi connectivity index (χ4n) is 2.28. The van der Waals surface area contributed by atoms with E-state index in [2.05, 4.69) is 10.6 Å². The van der Waals surface area contributed by atoms with Gasteiger partial charge >= 0.3 is 6.18 Å². The van der Waals surface area contributed by atoms with Gasteiger partial charge in [0.2, 0.25) is 5.91 Å². The van der Waals surface area contributed by atoms with Gasteiger partial charge in [-0.15, -0.1) is 0 Å². The molecule has 116 valence electrons. The summed E-state index contributed by atoms with van der Waals surface area (Å²) in [6.45, 7) is -0.301. The first kappa shape index (κ1) is 15.9. The van der Waals surface area contributed by atoms with Crippen LogP contribution in [0.15, 0.2) is 18.2 Å². The molecule has 2 N–H and O–H groups in total. The van der Waals surface area contributed by atoms with Crippen LogP contribution < -0.4 is 15.4 Å². The van der Waals surface area contributed by atoms with Gasteiger partial charge in [0.1, 0.15) is 5.75 Å². The van der Waals surface area contributed by atoms with Crippen LogP contribution in [-0.2, 0) is 4.79 Å². The molecule has 1 aromatic carbocycles. The lowest BCUT2D eigenvalue weighted by Crippen LogP contribution is -2.49. The van der Waals surface area contributed by atoms with Gasteiger partial charge in [-0.2, -0.15) is 13.2 Å². The first-order chi connectivity index (χ1) is 9.80. The predicted octanol–water partition coefficient (Wildman–Crippen LogP) is 2.83. The average Bonchev–Trinajstić information content (AvgIpc) is 2.89. The summed E-state index contributed by atoms with van der Waals surface area (Å²) in [5.41, 5.74) is -2.31. The zero-order chi connectivity index (χ0) is 15.7. The number of rotatable bonds is 3. The van der Waals surface area contributed by atoms with E-state index in [1.54, 1.807) is 0 Å². The van der Waals surface area contributed by atoms with Crippen molar-refractivity contribution in [2.75, 3.05) is 25.5 Å². The normalized spacial score (nSPS) is 22.1. The van der Waals surface area contributed by atoms with Crippen molar-refractivity contribution in [3.8, 4) is 5.75 Å². The molecule has 1 amide bonds. The topological polar surface area (TPSA) is 50.4 Å². The Bertz CT molecular complexity index is 543. The van der Waals surface area contributed by atoms with E-state index in [9.17, 15) is 18.0 Å². The van der Waals surface area contributed by atoms with Crippen molar-refractivity contribution in [2.45, 2.75) is 12.6 Å². The van der Waals surface area contributed by atoms with Crippen LogP contribution in [0, 0.1) is 5.41 Å². The second-order valence-corrected chi connectivity index (χ2v) is 5.24. The molecule has 0 saturated carbocycles. The molecule has 1 aliphatic heterocycles. The van der Waals surface area contributed by atoms with E-state index in [1.807, 2.05) is 0 Å². The maximum absolute atomic E-state index is 13.3. The van der Waals surface area contributed by atoms with Crippen molar-refractivity contribution in [3.05, 3.63) is 23.2 Å². The fourth-order valence-corrected chi connectivity index (χ4v) is 2.45. The van der Waals surface area contributed by atoms with Crippen LogP contribution in [-0.4, -0.2) is 32.3 Å². The number of nitrogens with one attached hydrogen (secondary N) is 2. The van der Waals surface area contributed by atoms with Crippen LogP contribution in [0.1, 0.15) is 6.42 Å². The molecule has 1 saturated heterocycles. The molecule has 4 nitrogen and oxygen atoms in total. The lowest BCUT2D eigenvalue weighted by Gasteiger charge is -2.29. The highest BCUT2D eigenvalue weighted by atomic mass is 35.5. The van der Waals surface area contributed by atoms with Gasteiger partial charge in [0.15, 0.2) is 5.41 Å². The van der Waals surface area contributed by atoms with Gasteiger partial charge in [-0.1, -0.05) is 11.6 Å². The van der Waals surface area contributed by atoms with Crippen LogP contribution in [0.5, 0.6) is 5.75 Å². The molecule has 8 heteroatoms. The lowest BCUT2D eigenvalue weighted by atomic mass is 9.85. The Hall–Kier alpha value is -1.47. The Kier molecular flexibility index (Phi) is 4.34. The van der Waals surface area contributed by atoms with Gasteiger partial charge < -0.3 is 15.4 Å². The number of hydrogen-bond acceptors (Lipinski definition) is 3. The summed E-state index contributed by atoms with van der Waals surface area (Å²) in [7, 11) is 1.36. The number of amides is 1. The van der Waals surface area contributed by atoms with Crippen LogP contribution in [0.3, 0.4) is 0 Å². The van der Waals surface area contributed by atoms with Gasteiger partial charge in [-0.3, -0.25) is 4.79 Å². The molecule has 0 radical (unpaired) electrons. The van der Waals surface area contributed by atoms with Gasteiger partial charge in [-0.25, -0.2) is 0 Å². The smallest absolute Gasteiger partial charge is 0.404 e. The summed E-state index contributed by atoms with van der Waals surface area (Å²) in [6, 6.07) is 4.35. The van der Waals surface area contributed by atoms with Gasteiger partial charge in [0.25, 0.3) is 0 Å². The SMILES string of the molecule is COc1ccc(Cl)cc1NC(=O)C1(C(F)(F)F)CCNC1. The maximum atomic E-state index is 13.3. The average molecular weight is 323 g/mol. The number of carbonyl (C=O) groups is 1. The molecule has 2 rings (SSSR count). The zero-order valence-electron chi connectivity index (χ0n) is 11.2. The van der Waals surface area contributed by atoms with Crippen LogP contribution in [0.4, 0.5) is 18.9 Å². The van der Waals surface area contributed by atoms with E-state index in [4.69, 9.17) is 16.3 Å². The number of ether oxygens (including phenoxy) is 1. The van der Waals surface area contributed by atoms with Crippen molar-refractivity contribution >= 4 is 23.2 Å². The molecule has 21 heavy (non-hydrogen) atoms. The fraction of sp³-hybridized carbons (Fsp3) is 0.462. The van der Waals surface area contributed by atoms with E-state index in [-0.39, 0.29) is 29.4 Å². The molecule has 1 aromatic rings. The summed E-state index contributed by atoms with van der Waals surface area (Å²) < 4.78 is 44.8. The number of methoxy groups -OCH3 is 1. The molecule has 0 bridgehead atoms. The van der Waals surface area contributed by atoms with Crippen LogP contribution in [0.2, 0.25) is 5.02 Å². The highest BCUT2D eigenvalue weighted by Gasteiger charge is 2.61. The third-order valence-electron chi connectivity index (χ3n) is 3.54. The Morgan fingerprint density at radius 1 is 1.48 bits per heavy atom. The van der Waals surface area contributed by atoms with Gasteiger partial charge in [0, 0.05) is 11.6 Å². The van der Waals surface area contributed by atoms with E-state index in [0.717, 1.165) is 0 Å². The highest BCUT2D eigenvalue weighted by Crippen LogP contribution is 2.44. The van der Waals surface area contributed by atoms with Crippen molar-refractivity contribution in [3.63, 3.8) is 0 Å². The Morgan fingerprint density at radius 3 is 2.71 bits per heavy atom. The van der Waals surface area contributed by atoms with Gasteiger partial charge in [0.05, 0.1) is 12.8 Å². The Labute approximate surface area is 124 Å². The van der Waals surface area contributed by atoms with Crippen molar-refractivity contribution < 1.29 is 22.7 Å². The van der Waals surface area contributed by atoms with Gasteiger partial charge in [-0.05, 0) is 31.2 Å². The summed E-state index contributed by atoms with van der Waals surface area (Å²) in [5, 5.41) is 5.16. The standard InChI is InChI=1S/C13H14ClF3N2O2/c1-21-10-3-2-8(14)6-9(10)19-11(20)12(13(15,16)17)4-5-18-7-12/h2-3,6,18H,4-5,7H2,1H3,(H,19,20). The minimum absolute atomic E-state index is 0.116. The molecular weight excluding hydrogens is 309 g/mol. The number of carbonyl (C=O) groups excluding carboxylic acids is 1. The number of halogens is 4. The van der Waals surface area contributed by atoms with Crippen LogP contribution >= 0.6 is 11.6 Å². The van der Waals surface area contributed by atoms with Crippen molar-refractivity contribution in [2.24, 2.45) is 5.41 Å². The quantitative estimate of drug-likeness (QED) is 0.899. The summed E-state index contributed by atoms with van der Waals surface area (Å²) in [6.07, 6.45) is -4.93. The minimum atomic E-state index is -4.63. The van der Waals surface area contributed by atoms with E-state index in [1.165, 1.54) is 25.3 Å². The molecule has 1 aliphatic rings. The third-order valence-corrected chi connectivity index (χ3v) is 3.78. The summed E-state index contributed by atoms with van der Waals surface area (Å²) in [5.74, 6) is -0.864. The van der Waals surface area contributed by atoms with E-state index >= 15 is 0 Å². The lowest BCUT2D eigenvalue weighted by molar-refractivity contribution is -0.213. The number of alkyl halides is 3. The first-order valence-electron chi connectivity index (χ1n) is 6.22. The molecular formula is C13H14ClF3N2O2. The van der Waals surface area contributed by atoms with E-state index < -0.39 is 24.0 Å². The summed E-state index contributed by atoms with van der Waals surface area (Å²) in [4.78, 5) is 12.2. The summed E-state index contributed by atoms with van der Waals surface area (Å²) >= 11 is 5.80. The molecule has 1 unspecified atom stereocenters. The maximum Gasteiger partial charge on any atom is 0.404 e. The number of benzene rings is 1. The Balaban J connectivity index is 2.30.